The summed E-state index contributed by atoms with van der Waals surface area (Å²) in [5.74, 6) is 1.26. The molecule has 0 bridgehead atoms. The van der Waals surface area contributed by atoms with E-state index in [1.165, 1.54) is 6.07 Å². The molecule has 0 aromatic heterocycles. The molecule has 0 amide bonds. The second-order valence-corrected chi connectivity index (χ2v) is 6.06. The zero-order valence-electron chi connectivity index (χ0n) is 11.7. The molecule has 0 aliphatic carbocycles. The van der Waals surface area contributed by atoms with Crippen LogP contribution in [0.5, 0.6) is 11.5 Å². The van der Waals surface area contributed by atoms with Crippen LogP contribution in [-0.4, -0.2) is 13.2 Å². The number of alkyl halides is 1. The fourth-order valence-electron chi connectivity index (χ4n) is 2.37. The molecule has 1 heterocycles. The van der Waals surface area contributed by atoms with Gasteiger partial charge in [0.2, 0.25) is 0 Å². The van der Waals surface area contributed by atoms with Crippen molar-refractivity contribution in [3.8, 4) is 11.5 Å². The van der Waals surface area contributed by atoms with E-state index >= 15 is 0 Å². The molecular weight excluding hydrogens is 335 g/mol. The Morgan fingerprint density at radius 3 is 2.62 bits per heavy atom. The fraction of sp³-hybridized carbons (Fsp3) is 0.294. The first-order valence-electron chi connectivity index (χ1n) is 6.95. The molecular formula is C17H16BrFO2. The van der Waals surface area contributed by atoms with E-state index in [2.05, 4.69) is 15.9 Å². The lowest BCUT2D eigenvalue weighted by atomic mass is 10.0. The van der Waals surface area contributed by atoms with E-state index in [0.29, 0.717) is 18.8 Å². The SMILES string of the molecule is Cc1ccc(F)c(C(Br)c2ccc3c(c2)OCCCO3)c1. The maximum Gasteiger partial charge on any atom is 0.161 e. The molecule has 0 saturated heterocycles. The second kappa shape index (κ2) is 6.06. The van der Waals surface area contributed by atoms with Crippen LogP contribution < -0.4 is 9.47 Å². The number of ether oxygens (including phenoxy) is 2. The lowest BCUT2D eigenvalue weighted by Crippen LogP contribution is -1.99. The Balaban J connectivity index is 1.96. The Kier molecular flexibility index (Phi) is 4.15. The Hall–Kier alpha value is -1.55. The van der Waals surface area contributed by atoms with Crippen molar-refractivity contribution < 1.29 is 13.9 Å². The van der Waals surface area contributed by atoms with Gasteiger partial charge in [0, 0.05) is 12.0 Å². The minimum absolute atomic E-state index is 0.213. The van der Waals surface area contributed by atoms with E-state index in [1.807, 2.05) is 31.2 Å². The van der Waals surface area contributed by atoms with E-state index in [-0.39, 0.29) is 10.6 Å². The first-order chi connectivity index (χ1) is 10.1. The highest BCUT2D eigenvalue weighted by molar-refractivity contribution is 9.09. The molecule has 0 radical (unpaired) electrons. The van der Waals surface area contributed by atoms with Crippen LogP contribution in [-0.2, 0) is 0 Å². The summed E-state index contributed by atoms with van der Waals surface area (Å²) < 4.78 is 25.3. The van der Waals surface area contributed by atoms with E-state index in [4.69, 9.17) is 9.47 Å². The molecule has 0 saturated carbocycles. The van der Waals surface area contributed by atoms with Gasteiger partial charge >= 0.3 is 0 Å². The average molecular weight is 351 g/mol. The molecule has 1 atom stereocenters. The van der Waals surface area contributed by atoms with Crippen LogP contribution in [0.1, 0.15) is 27.9 Å². The Morgan fingerprint density at radius 2 is 1.81 bits per heavy atom. The highest BCUT2D eigenvalue weighted by Crippen LogP contribution is 2.38. The topological polar surface area (TPSA) is 18.5 Å². The van der Waals surface area contributed by atoms with Gasteiger partial charge in [-0.25, -0.2) is 4.39 Å². The van der Waals surface area contributed by atoms with E-state index in [9.17, 15) is 4.39 Å². The third kappa shape index (κ3) is 3.05. The fourth-order valence-corrected chi connectivity index (χ4v) is 3.01. The van der Waals surface area contributed by atoms with Gasteiger partial charge in [0.05, 0.1) is 18.0 Å². The molecule has 0 N–H and O–H groups in total. The van der Waals surface area contributed by atoms with Crippen molar-refractivity contribution in [1.82, 2.24) is 0 Å². The van der Waals surface area contributed by atoms with Crippen molar-refractivity contribution in [1.29, 1.82) is 0 Å². The summed E-state index contributed by atoms with van der Waals surface area (Å²) in [6.45, 7) is 3.26. The van der Waals surface area contributed by atoms with Crippen LogP contribution in [0.3, 0.4) is 0 Å². The maximum absolute atomic E-state index is 14.0. The summed E-state index contributed by atoms with van der Waals surface area (Å²) in [5, 5.41) is 0. The number of aryl methyl sites for hydroxylation is 1. The Morgan fingerprint density at radius 1 is 1.05 bits per heavy atom. The standard InChI is InChI=1S/C17H16BrFO2/c1-11-3-5-14(19)13(9-11)17(18)12-4-6-15-16(10-12)21-8-2-7-20-15/h3-6,9-10,17H,2,7-8H2,1H3. The van der Waals surface area contributed by atoms with Gasteiger partial charge in [0.25, 0.3) is 0 Å². The molecule has 1 aliphatic heterocycles. The third-order valence-electron chi connectivity index (χ3n) is 3.49. The van der Waals surface area contributed by atoms with Crippen molar-refractivity contribution in [2.75, 3.05) is 13.2 Å². The molecule has 110 valence electrons. The number of rotatable bonds is 2. The Labute approximate surface area is 132 Å². The molecule has 0 spiro atoms. The van der Waals surface area contributed by atoms with Crippen molar-refractivity contribution in [3.63, 3.8) is 0 Å². The molecule has 1 unspecified atom stereocenters. The van der Waals surface area contributed by atoms with E-state index < -0.39 is 0 Å². The highest BCUT2D eigenvalue weighted by Gasteiger charge is 2.18. The van der Waals surface area contributed by atoms with Gasteiger partial charge < -0.3 is 9.47 Å². The van der Waals surface area contributed by atoms with Crippen molar-refractivity contribution in [2.24, 2.45) is 0 Å². The summed E-state index contributed by atoms with van der Waals surface area (Å²) in [4.78, 5) is -0.213. The number of fused-ring (bicyclic) bond motifs is 1. The summed E-state index contributed by atoms with van der Waals surface area (Å²) in [7, 11) is 0. The van der Waals surface area contributed by atoms with Gasteiger partial charge in [-0.1, -0.05) is 39.7 Å². The van der Waals surface area contributed by atoms with Crippen molar-refractivity contribution in [3.05, 3.63) is 58.9 Å². The predicted molar refractivity (Wildman–Crippen MR) is 84.0 cm³/mol. The van der Waals surface area contributed by atoms with Crippen molar-refractivity contribution >= 4 is 15.9 Å². The number of benzene rings is 2. The zero-order chi connectivity index (χ0) is 14.8. The summed E-state index contributed by atoms with van der Waals surface area (Å²) in [6.07, 6.45) is 0.869. The summed E-state index contributed by atoms with van der Waals surface area (Å²) >= 11 is 3.59. The molecule has 2 nitrogen and oxygen atoms in total. The van der Waals surface area contributed by atoms with Gasteiger partial charge in [0.1, 0.15) is 5.82 Å². The van der Waals surface area contributed by atoms with Crippen LogP contribution in [0.25, 0.3) is 0 Å². The Bertz CT molecular complexity index is 657. The minimum atomic E-state index is -0.213. The second-order valence-electron chi connectivity index (χ2n) is 5.14. The third-order valence-corrected chi connectivity index (χ3v) is 4.51. The predicted octanol–water partition coefficient (Wildman–Crippen LogP) is 4.78. The number of hydrogen-bond donors (Lipinski definition) is 0. The molecule has 4 heteroatoms. The number of hydrogen-bond acceptors (Lipinski definition) is 2. The molecule has 2 aromatic carbocycles. The number of halogens is 2. The van der Waals surface area contributed by atoms with Crippen LogP contribution in [0.4, 0.5) is 4.39 Å². The monoisotopic (exact) mass is 350 g/mol. The van der Waals surface area contributed by atoms with Gasteiger partial charge in [0.15, 0.2) is 11.5 Å². The van der Waals surface area contributed by atoms with Crippen LogP contribution in [0, 0.1) is 12.7 Å². The zero-order valence-corrected chi connectivity index (χ0v) is 13.3. The first-order valence-corrected chi connectivity index (χ1v) is 7.86. The van der Waals surface area contributed by atoms with Gasteiger partial charge in [-0.15, -0.1) is 0 Å². The van der Waals surface area contributed by atoms with Crippen LogP contribution in [0.15, 0.2) is 36.4 Å². The van der Waals surface area contributed by atoms with Crippen LogP contribution >= 0.6 is 15.9 Å². The molecule has 1 aliphatic rings. The van der Waals surface area contributed by atoms with Gasteiger partial charge in [-0.05, 0) is 30.7 Å². The smallest absolute Gasteiger partial charge is 0.161 e. The lowest BCUT2D eigenvalue weighted by molar-refractivity contribution is 0.297. The average Bonchev–Trinajstić information content (AvgIpc) is 2.73. The van der Waals surface area contributed by atoms with E-state index in [0.717, 1.165) is 29.0 Å². The van der Waals surface area contributed by atoms with E-state index in [1.54, 1.807) is 6.07 Å². The van der Waals surface area contributed by atoms with Crippen LogP contribution in [0.2, 0.25) is 0 Å². The minimum Gasteiger partial charge on any atom is -0.490 e. The normalized spacial score (nSPS) is 15.4. The molecule has 3 rings (SSSR count). The quantitative estimate of drug-likeness (QED) is 0.725. The summed E-state index contributed by atoms with van der Waals surface area (Å²) in [6, 6.07) is 10.9. The summed E-state index contributed by atoms with van der Waals surface area (Å²) in [5.41, 5.74) is 2.61. The largest absolute Gasteiger partial charge is 0.490 e. The molecule has 21 heavy (non-hydrogen) atoms. The van der Waals surface area contributed by atoms with Gasteiger partial charge in [-0.2, -0.15) is 0 Å². The maximum atomic E-state index is 14.0. The molecule has 2 aromatic rings. The molecule has 0 fully saturated rings. The van der Waals surface area contributed by atoms with Crippen molar-refractivity contribution in [2.45, 2.75) is 18.2 Å². The highest BCUT2D eigenvalue weighted by atomic mass is 79.9. The van der Waals surface area contributed by atoms with Gasteiger partial charge in [-0.3, -0.25) is 0 Å². The lowest BCUT2D eigenvalue weighted by Gasteiger charge is -2.15. The first kappa shape index (κ1) is 14.4.